The Morgan fingerprint density at radius 3 is 1.42 bits per heavy atom. The van der Waals surface area contributed by atoms with Crippen molar-refractivity contribution in [1.29, 1.82) is 0 Å². The fourth-order valence-corrected chi connectivity index (χ4v) is 12.8. The highest BCUT2D eigenvalue weighted by molar-refractivity contribution is 6.02. The van der Waals surface area contributed by atoms with Gasteiger partial charge in [-0.25, -0.2) is 4.79 Å². The molecule has 3 rings (SSSR count). The van der Waals surface area contributed by atoms with Gasteiger partial charge in [0.25, 0.3) is 0 Å². The number of likely N-dealkylation sites (tertiary alicyclic amines) is 1. The smallest absolute Gasteiger partial charge is 0.326 e. The lowest BCUT2D eigenvalue weighted by Crippen LogP contribution is -2.62. The molecular weight excluding hydrogens is 1620 g/mol. The number of hydrogen-bond acceptors (Lipinski definition) is 24. The van der Waals surface area contributed by atoms with E-state index in [9.17, 15) is 122 Å². The first-order chi connectivity index (χ1) is 57.7. The van der Waals surface area contributed by atoms with Crippen LogP contribution in [0.5, 0.6) is 0 Å². The van der Waals surface area contributed by atoms with E-state index in [1.54, 1.807) is 78.9 Å². The zero-order chi connectivity index (χ0) is 93.0. The topological polar surface area (TPSA) is 750 Å². The summed E-state index contributed by atoms with van der Waals surface area (Å²) in [6, 6.07) is -17.5. The van der Waals surface area contributed by atoms with Crippen LogP contribution in [0.3, 0.4) is 0 Å². The van der Waals surface area contributed by atoms with Gasteiger partial charge in [0.1, 0.15) is 90.6 Å². The van der Waals surface area contributed by atoms with Crippen LogP contribution < -0.4 is 97.4 Å². The highest BCUT2D eigenvalue weighted by Gasteiger charge is 2.42. The minimum atomic E-state index is -2.15. The van der Waals surface area contributed by atoms with Gasteiger partial charge in [-0.3, -0.25) is 91.3 Å². The predicted molar refractivity (Wildman–Crippen MR) is 438 cm³/mol. The number of carbonyl (C=O) groups is 19. The zero-order valence-electron chi connectivity index (χ0n) is 70.8. The Morgan fingerprint density at radius 1 is 0.488 bits per heavy atom. The Balaban J connectivity index is 1.90. The zero-order valence-corrected chi connectivity index (χ0v) is 70.8. The molecule has 686 valence electrons. The SMILES string of the molecule is CC[C@H](C)[C@H](NC(=O)[C@H](CC(=O)O)NC(=O)[C@H](CO)NC(=O)[C@@H](NC(=O)[C@H](CC(C)C)NC(=O)[C@@H](N)CO)C(C)C)C(=O)N[C@@H](CO)C(=O)N[C@@H](CC(=O)O)C(=O)N[C@@H](CCCN=C(N)N)C(=O)N[C@@H](Cc1c[nH]c2ccccc12)C(=O)NCC(=O)N1CCC[C@H]1C(=O)N[C@H](C(=O)N[C@@H](C)C(=O)N[C@@H](CC(C)C)C(=O)N[C@@H](CC(N)=O)C(=O)O)[C@@H](C)CC. The number of nitrogens with zero attached hydrogens (tertiary/aromatic N) is 2. The number of aliphatic hydroxyl groups excluding tert-OH is 3. The molecule has 2 heterocycles. The van der Waals surface area contributed by atoms with Crippen LogP contribution in [-0.2, 0) is 97.5 Å². The predicted octanol–water partition coefficient (Wildman–Crippen LogP) is -7.75. The van der Waals surface area contributed by atoms with Gasteiger partial charge in [0.15, 0.2) is 5.96 Å². The lowest BCUT2D eigenvalue weighted by atomic mass is 9.97. The molecule has 0 radical (unpaired) electrons. The van der Waals surface area contributed by atoms with Gasteiger partial charge in [-0.05, 0) is 86.7 Å². The van der Waals surface area contributed by atoms with Crippen molar-refractivity contribution in [2.45, 2.75) is 244 Å². The summed E-state index contributed by atoms with van der Waals surface area (Å²) >= 11 is 0. The van der Waals surface area contributed by atoms with Crippen LogP contribution in [0.2, 0.25) is 0 Å². The van der Waals surface area contributed by atoms with E-state index in [1.807, 2.05) is 0 Å². The second kappa shape index (κ2) is 51.5. The van der Waals surface area contributed by atoms with Crippen LogP contribution in [0.4, 0.5) is 0 Å². The number of guanidine groups is 1. The lowest BCUT2D eigenvalue weighted by Gasteiger charge is -2.30. The Morgan fingerprint density at radius 2 is 0.927 bits per heavy atom. The summed E-state index contributed by atoms with van der Waals surface area (Å²) in [7, 11) is 0. The van der Waals surface area contributed by atoms with Crippen LogP contribution >= 0.6 is 0 Å². The number of aromatic amines is 1. The monoisotopic (exact) mass is 1740 g/mol. The normalized spacial score (nSPS) is 16.4. The minimum absolute atomic E-state index is 0.00457. The first-order valence-electron chi connectivity index (χ1n) is 40.4. The number of nitrogens with two attached hydrogens (primary N) is 4. The van der Waals surface area contributed by atoms with Crippen LogP contribution in [0.25, 0.3) is 10.9 Å². The van der Waals surface area contributed by atoms with Gasteiger partial charge in [0.2, 0.25) is 94.5 Å². The third kappa shape index (κ3) is 34.7. The molecule has 2 aromatic rings. The third-order valence-corrected chi connectivity index (χ3v) is 20.1. The molecule has 16 amide bonds. The van der Waals surface area contributed by atoms with Crippen molar-refractivity contribution >= 4 is 129 Å². The van der Waals surface area contributed by atoms with Gasteiger partial charge in [-0.2, -0.15) is 0 Å². The molecule has 0 unspecified atom stereocenters. The summed E-state index contributed by atoms with van der Waals surface area (Å²) in [5.41, 5.74) is 23.0. The van der Waals surface area contributed by atoms with Crippen LogP contribution in [0.15, 0.2) is 35.5 Å². The van der Waals surface area contributed by atoms with Gasteiger partial charge >= 0.3 is 17.9 Å². The third-order valence-electron chi connectivity index (χ3n) is 20.1. The molecular formula is C77H123N21O25. The summed E-state index contributed by atoms with van der Waals surface area (Å²) in [4.78, 5) is 265. The number of fused-ring (bicyclic) bond motifs is 1. The maximum Gasteiger partial charge on any atom is 0.326 e. The number of aliphatic carboxylic acids is 3. The first kappa shape index (κ1) is 105. The number of carboxylic acids is 3. The molecule has 0 aliphatic carbocycles. The number of aliphatic imine (C=N–C) groups is 1. The summed E-state index contributed by atoms with van der Waals surface area (Å²) in [6.07, 6.45) is -1.59. The second-order valence-corrected chi connectivity index (χ2v) is 31.3. The van der Waals surface area contributed by atoms with Crippen LogP contribution in [-0.4, -0.2) is 289 Å². The van der Waals surface area contributed by atoms with E-state index in [2.05, 4.69) is 84.4 Å². The summed E-state index contributed by atoms with van der Waals surface area (Å²) in [6.45, 7) is 13.4. The fourth-order valence-electron chi connectivity index (χ4n) is 12.8. The number of aliphatic hydroxyl groups is 3. The molecule has 29 N–H and O–H groups in total. The number of amides is 16. The second-order valence-electron chi connectivity index (χ2n) is 31.3. The molecule has 46 heteroatoms. The average Bonchev–Trinajstić information content (AvgIpc) is 1.73. The van der Waals surface area contributed by atoms with Crippen molar-refractivity contribution in [1.82, 2.24) is 84.3 Å². The fraction of sp³-hybridized carbons (Fsp3) is 0.636. The van der Waals surface area contributed by atoms with Gasteiger partial charge in [0.05, 0.1) is 45.6 Å². The number of carbonyl (C=O) groups excluding carboxylic acids is 16. The van der Waals surface area contributed by atoms with E-state index >= 15 is 0 Å². The molecule has 1 aromatic carbocycles. The van der Waals surface area contributed by atoms with Crippen LogP contribution in [0.1, 0.15) is 152 Å². The van der Waals surface area contributed by atoms with Gasteiger partial charge < -0.3 is 138 Å². The number of hydrogen-bond donors (Lipinski definition) is 25. The van der Waals surface area contributed by atoms with Gasteiger partial charge in [-0.15, -0.1) is 0 Å². The average molecular weight is 1740 g/mol. The number of primary amides is 1. The van der Waals surface area contributed by atoms with Crippen molar-refractivity contribution < 1.29 is 122 Å². The maximum absolute atomic E-state index is 14.8. The number of carboxylic acid groups (broad SMARTS) is 3. The number of aromatic nitrogens is 1. The molecule has 1 aliphatic heterocycles. The molecule has 0 saturated carbocycles. The molecule has 0 spiro atoms. The molecule has 46 nitrogen and oxygen atoms in total. The standard InChI is InChI=1S/C77H123N21O25/c1-12-38(9)60(74(120)85-40(11)62(108)87-46(24-35(3)4)66(112)92-51(76(122)123)27-55(79)102)97-72(118)54-21-17-23-98(54)56(103)31-84-64(110)48(26-41-30-83-44-19-15-14-18-42(41)44)89-65(111)45(20-16-22-82-77(80)81)86-67(113)49(28-57(104)105)90-71(117)53(34-101)94-75(121)61(39(10)13-2)96-69(115)50(29-58(106)107)91-70(116)52(33-100)93-73(119)59(37(7)8)95-68(114)47(25-36(5)6)88-63(109)43(78)32-99/h14-15,18-19,30,35-40,43,45-54,59-61,83,99-101H,12-13,16-17,20-29,31-34,78H2,1-11H3,(H2,79,102)(H,84,110)(H,85,120)(H,86,113)(H,87,108)(H,88,109)(H,89,111)(H,90,117)(H,91,116)(H,92,112)(H,93,119)(H,94,121)(H,95,114)(H,96,115)(H,97,118)(H,104,105)(H,106,107)(H,122,123)(H4,80,81,82)/t38-,39-,40-,43-,45-,46-,47-,48-,49-,50-,51-,52-,53-,54-,59-,60-,61-/m0/s1. The number of H-pyrrole nitrogens is 1. The van der Waals surface area contributed by atoms with E-state index in [-0.39, 0.29) is 82.3 Å². The Bertz CT molecular complexity index is 4080. The highest BCUT2D eigenvalue weighted by Crippen LogP contribution is 2.23. The largest absolute Gasteiger partial charge is 0.481 e. The minimum Gasteiger partial charge on any atom is -0.481 e. The van der Waals surface area contributed by atoms with Crippen molar-refractivity contribution in [3.63, 3.8) is 0 Å². The van der Waals surface area contributed by atoms with E-state index in [4.69, 9.17) is 22.9 Å². The molecule has 17 atom stereocenters. The number of rotatable bonds is 54. The lowest BCUT2D eigenvalue weighted by molar-refractivity contribution is -0.144. The van der Waals surface area contributed by atoms with Crippen molar-refractivity contribution in [2.75, 3.05) is 39.5 Å². The molecule has 1 saturated heterocycles. The van der Waals surface area contributed by atoms with Crippen molar-refractivity contribution in [3.05, 3.63) is 36.0 Å². The summed E-state index contributed by atoms with van der Waals surface area (Å²) in [5, 5.41) is 93.7. The molecule has 1 fully saturated rings. The quantitative estimate of drug-likeness (QED) is 0.0166. The molecule has 1 aliphatic rings. The van der Waals surface area contributed by atoms with Gasteiger partial charge in [0, 0.05) is 36.6 Å². The van der Waals surface area contributed by atoms with Gasteiger partial charge in [-0.1, -0.05) is 100 Å². The Hall–Kier alpha value is -12.2. The number of benzene rings is 1. The Labute approximate surface area is 709 Å². The van der Waals surface area contributed by atoms with E-state index in [1.165, 1.54) is 32.6 Å². The van der Waals surface area contributed by atoms with E-state index in [0.717, 1.165) is 0 Å². The maximum atomic E-state index is 14.8. The summed E-state index contributed by atoms with van der Waals surface area (Å²) in [5.74, 6) is -24.8. The first-order valence-corrected chi connectivity index (χ1v) is 40.4. The number of para-hydroxylation sites is 1. The van der Waals surface area contributed by atoms with E-state index in [0.29, 0.717) is 22.9 Å². The van der Waals surface area contributed by atoms with Crippen LogP contribution in [0, 0.1) is 29.6 Å². The number of nitrogens with one attached hydrogen (secondary N) is 15. The van der Waals surface area contributed by atoms with E-state index < -0.39 is 266 Å². The van der Waals surface area contributed by atoms with Crippen molar-refractivity contribution in [2.24, 2.45) is 57.5 Å². The molecule has 0 bridgehead atoms. The Kier molecular flexibility index (Phi) is 44.0. The molecule has 1 aromatic heterocycles. The van der Waals surface area contributed by atoms with Crippen molar-refractivity contribution in [3.8, 4) is 0 Å². The molecule has 123 heavy (non-hydrogen) atoms. The summed E-state index contributed by atoms with van der Waals surface area (Å²) < 4.78 is 0. The highest BCUT2D eigenvalue weighted by atomic mass is 16.4.